The summed E-state index contributed by atoms with van der Waals surface area (Å²) in [7, 11) is 0. The second-order valence-electron chi connectivity index (χ2n) is 11.5. The molecule has 0 radical (unpaired) electrons. The third-order valence-corrected chi connectivity index (χ3v) is 9.40. The van der Waals surface area contributed by atoms with Gasteiger partial charge in [-0.3, -0.25) is 14.4 Å². The smallest absolute Gasteiger partial charge is 0.312 e. The van der Waals surface area contributed by atoms with Crippen LogP contribution < -0.4 is 0 Å². The molecule has 2 amide bonds. The lowest BCUT2D eigenvalue weighted by Crippen LogP contribution is -2.58. The lowest BCUT2D eigenvalue weighted by molar-refractivity contribution is -0.162. The van der Waals surface area contributed by atoms with Gasteiger partial charge < -0.3 is 24.4 Å². The number of fused-ring (bicyclic) bond motifs is 1. The largest absolute Gasteiger partial charge is 0.465 e. The molecule has 212 valence electrons. The van der Waals surface area contributed by atoms with Gasteiger partial charge in [0.1, 0.15) is 17.6 Å². The molecule has 4 aliphatic rings. The van der Waals surface area contributed by atoms with E-state index in [2.05, 4.69) is 13.2 Å². The van der Waals surface area contributed by atoms with Crippen molar-refractivity contribution in [2.75, 3.05) is 26.3 Å². The number of ether oxygens (including phenoxy) is 2. The molecule has 8 heteroatoms. The summed E-state index contributed by atoms with van der Waals surface area (Å²) < 4.78 is 12.5. The molecule has 0 aromatic rings. The Morgan fingerprint density at radius 1 is 1.16 bits per heavy atom. The summed E-state index contributed by atoms with van der Waals surface area (Å²) in [5.74, 6) is -2.21. The van der Waals surface area contributed by atoms with E-state index in [4.69, 9.17) is 9.47 Å². The predicted molar refractivity (Wildman–Crippen MR) is 144 cm³/mol. The fourth-order valence-corrected chi connectivity index (χ4v) is 7.60. The SMILES string of the molecule is C=CCCCCOC(=O)[C@H]1[C@H]2C(=O)N(CCCO)C(C(=O)N(CC=C)C3CCCCC3)C23CC[C@]1(CC)O3. The number of carbonyl (C=O) groups is 3. The maximum Gasteiger partial charge on any atom is 0.312 e. The zero-order valence-corrected chi connectivity index (χ0v) is 23.1. The van der Waals surface area contributed by atoms with Gasteiger partial charge in [0.25, 0.3) is 0 Å². The van der Waals surface area contributed by atoms with Crippen molar-refractivity contribution < 1.29 is 29.0 Å². The molecule has 1 aliphatic carbocycles. The number of aliphatic hydroxyl groups is 1. The fraction of sp³-hybridized carbons (Fsp3) is 0.767. The molecule has 0 aromatic heterocycles. The highest BCUT2D eigenvalue weighted by molar-refractivity contribution is 5.98. The van der Waals surface area contributed by atoms with Crippen LogP contribution in [0.15, 0.2) is 25.3 Å². The second-order valence-corrected chi connectivity index (χ2v) is 11.5. The van der Waals surface area contributed by atoms with E-state index in [9.17, 15) is 19.5 Å². The molecule has 38 heavy (non-hydrogen) atoms. The Morgan fingerprint density at radius 2 is 1.92 bits per heavy atom. The summed E-state index contributed by atoms with van der Waals surface area (Å²) in [6.07, 6.45) is 13.4. The van der Waals surface area contributed by atoms with Crippen LogP contribution in [-0.2, 0) is 23.9 Å². The van der Waals surface area contributed by atoms with Crippen LogP contribution in [0.3, 0.4) is 0 Å². The number of aliphatic hydroxyl groups excluding tert-OH is 1. The van der Waals surface area contributed by atoms with Crippen LogP contribution in [0.25, 0.3) is 0 Å². The van der Waals surface area contributed by atoms with Crippen molar-refractivity contribution in [1.82, 2.24) is 9.80 Å². The molecular formula is C30H46N2O6. The van der Waals surface area contributed by atoms with Crippen molar-refractivity contribution in [1.29, 1.82) is 0 Å². The summed E-state index contributed by atoms with van der Waals surface area (Å²) in [4.78, 5) is 45.6. The summed E-state index contributed by atoms with van der Waals surface area (Å²) in [6.45, 7) is 10.5. The minimum absolute atomic E-state index is 0.0860. The third-order valence-electron chi connectivity index (χ3n) is 9.40. The Bertz CT molecular complexity index is 901. The van der Waals surface area contributed by atoms with Crippen molar-refractivity contribution in [3.8, 4) is 0 Å². The van der Waals surface area contributed by atoms with E-state index >= 15 is 0 Å². The Balaban J connectivity index is 1.66. The van der Waals surface area contributed by atoms with Gasteiger partial charge in [-0.05, 0) is 57.8 Å². The van der Waals surface area contributed by atoms with Crippen LogP contribution in [0, 0.1) is 11.8 Å². The number of likely N-dealkylation sites (tertiary alicyclic amines) is 1. The Labute approximate surface area is 227 Å². The first-order valence-corrected chi connectivity index (χ1v) is 14.7. The highest BCUT2D eigenvalue weighted by Crippen LogP contribution is 2.64. The predicted octanol–water partition coefficient (Wildman–Crippen LogP) is 3.77. The van der Waals surface area contributed by atoms with E-state index in [0.717, 1.165) is 44.9 Å². The highest BCUT2D eigenvalue weighted by Gasteiger charge is 2.79. The summed E-state index contributed by atoms with van der Waals surface area (Å²) in [5, 5.41) is 9.59. The van der Waals surface area contributed by atoms with E-state index < -0.39 is 35.0 Å². The maximum atomic E-state index is 14.4. The molecule has 2 bridgehead atoms. The van der Waals surface area contributed by atoms with E-state index in [-0.39, 0.29) is 31.0 Å². The monoisotopic (exact) mass is 530 g/mol. The molecule has 4 rings (SSSR count). The summed E-state index contributed by atoms with van der Waals surface area (Å²) in [5.41, 5.74) is -1.85. The third kappa shape index (κ3) is 4.94. The van der Waals surface area contributed by atoms with Gasteiger partial charge in [0.05, 0.1) is 18.1 Å². The molecule has 2 unspecified atom stereocenters. The molecule has 3 heterocycles. The molecule has 8 nitrogen and oxygen atoms in total. The molecule has 5 atom stereocenters. The number of allylic oxidation sites excluding steroid dienone is 1. The van der Waals surface area contributed by atoms with Gasteiger partial charge in [0.2, 0.25) is 11.8 Å². The topological polar surface area (TPSA) is 96.4 Å². The van der Waals surface area contributed by atoms with Gasteiger partial charge in [-0.25, -0.2) is 0 Å². The Hall–Kier alpha value is -2.19. The number of hydrogen-bond donors (Lipinski definition) is 1. The van der Waals surface area contributed by atoms with E-state index in [1.165, 1.54) is 6.42 Å². The molecular weight excluding hydrogens is 484 g/mol. The van der Waals surface area contributed by atoms with Crippen LogP contribution in [0.2, 0.25) is 0 Å². The zero-order valence-electron chi connectivity index (χ0n) is 23.1. The van der Waals surface area contributed by atoms with Crippen molar-refractivity contribution in [2.45, 2.75) is 107 Å². The number of amides is 2. The molecule has 4 fully saturated rings. The van der Waals surface area contributed by atoms with Crippen LogP contribution in [-0.4, -0.2) is 82.3 Å². The van der Waals surface area contributed by atoms with E-state index in [1.54, 1.807) is 11.0 Å². The standard InChI is InChI=1S/C30H46N2O6/c1-4-7-8-12-21-37-28(36)24-23-26(34)32(19-13-20-33)25(30(23)17-16-29(24,6-3)38-30)27(35)31(18-5-2)22-14-10-9-11-15-22/h4-5,22-25,33H,1-2,6-21H2,3H3/t23-,24+,25?,29-,30?/m0/s1. The van der Waals surface area contributed by atoms with Crippen molar-refractivity contribution in [3.05, 3.63) is 25.3 Å². The summed E-state index contributed by atoms with van der Waals surface area (Å²) >= 11 is 0. The molecule has 1 N–H and O–H groups in total. The van der Waals surface area contributed by atoms with Gasteiger partial charge in [-0.2, -0.15) is 0 Å². The van der Waals surface area contributed by atoms with Crippen LogP contribution >= 0.6 is 0 Å². The first kappa shape index (κ1) is 28.8. The number of unbranched alkanes of at least 4 members (excludes halogenated alkanes) is 2. The second kappa shape index (κ2) is 12.3. The van der Waals surface area contributed by atoms with Gasteiger partial charge >= 0.3 is 5.97 Å². The molecule has 3 saturated heterocycles. The fourth-order valence-electron chi connectivity index (χ4n) is 7.60. The van der Waals surface area contributed by atoms with Crippen LogP contribution in [0.4, 0.5) is 0 Å². The van der Waals surface area contributed by atoms with Gasteiger partial charge in [-0.15, -0.1) is 13.2 Å². The average Bonchev–Trinajstić information content (AvgIpc) is 3.54. The number of carbonyl (C=O) groups excluding carboxylic acids is 3. The zero-order chi connectivity index (χ0) is 27.3. The van der Waals surface area contributed by atoms with Gasteiger partial charge in [-0.1, -0.05) is 38.3 Å². The first-order valence-electron chi connectivity index (χ1n) is 14.7. The lowest BCUT2D eigenvalue weighted by atomic mass is 9.65. The molecule has 3 aliphatic heterocycles. The van der Waals surface area contributed by atoms with Crippen LogP contribution in [0.1, 0.15) is 84.0 Å². The van der Waals surface area contributed by atoms with Gasteiger partial charge in [0, 0.05) is 25.7 Å². The first-order chi connectivity index (χ1) is 18.4. The quantitative estimate of drug-likeness (QED) is 0.209. The lowest BCUT2D eigenvalue weighted by Gasteiger charge is -2.40. The minimum atomic E-state index is -1.06. The average molecular weight is 531 g/mol. The summed E-state index contributed by atoms with van der Waals surface area (Å²) in [6, 6.07) is -0.707. The van der Waals surface area contributed by atoms with Crippen molar-refractivity contribution >= 4 is 17.8 Å². The normalized spacial score (nSPS) is 32.3. The Kier molecular flexibility index (Phi) is 9.35. The van der Waals surface area contributed by atoms with Crippen molar-refractivity contribution in [3.63, 3.8) is 0 Å². The van der Waals surface area contributed by atoms with Crippen LogP contribution in [0.5, 0.6) is 0 Å². The number of hydrogen-bond acceptors (Lipinski definition) is 6. The van der Waals surface area contributed by atoms with E-state index in [0.29, 0.717) is 38.8 Å². The highest BCUT2D eigenvalue weighted by atomic mass is 16.6. The Morgan fingerprint density at radius 3 is 2.58 bits per heavy atom. The molecule has 0 aromatic carbocycles. The number of rotatable bonds is 14. The minimum Gasteiger partial charge on any atom is -0.465 e. The maximum absolute atomic E-state index is 14.4. The van der Waals surface area contributed by atoms with Crippen molar-refractivity contribution in [2.24, 2.45) is 11.8 Å². The number of esters is 1. The molecule has 1 saturated carbocycles. The van der Waals surface area contributed by atoms with E-state index in [1.807, 2.05) is 17.9 Å². The molecule has 1 spiro atoms. The van der Waals surface area contributed by atoms with Gasteiger partial charge in [0.15, 0.2) is 0 Å². The number of nitrogens with zero attached hydrogens (tertiary/aromatic N) is 2.